The van der Waals surface area contributed by atoms with Gasteiger partial charge in [0.15, 0.2) is 5.78 Å². The second-order valence-corrected chi connectivity index (χ2v) is 6.05. The summed E-state index contributed by atoms with van der Waals surface area (Å²) in [4.78, 5) is 14.8. The zero-order chi connectivity index (χ0) is 13.9. The maximum atomic E-state index is 12.3. The summed E-state index contributed by atoms with van der Waals surface area (Å²) in [6, 6.07) is 0.406. The maximum Gasteiger partial charge on any atom is 0.167 e. The van der Waals surface area contributed by atoms with E-state index < -0.39 is 0 Å². The summed E-state index contributed by atoms with van der Waals surface area (Å²) >= 11 is 0. The van der Waals surface area contributed by atoms with Gasteiger partial charge < -0.3 is 4.74 Å². The fourth-order valence-electron chi connectivity index (χ4n) is 3.32. The van der Waals surface area contributed by atoms with Crippen molar-refractivity contribution in [3.8, 4) is 0 Å². The van der Waals surface area contributed by atoms with Crippen molar-refractivity contribution >= 4 is 5.78 Å². The molecule has 0 aliphatic carbocycles. The van der Waals surface area contributed by atoms with E-state index in [1.54, 1.807) is 10.9 Å². The van der Waals surface area contributed by atoms with Crippen LogP contribution in [0.3, 0.4) is 0 Å². The van der Waals surface area contributed by atoms with Crippen molar-refractivity contribution in [3.63, 3.8) is 0 Å². The Hall–Kier alpha value is -1.20. The average molecular weight is 277 g/mol. The van der Waals surface area contributed by atoms with Crippen LogP contribution in [-0.2, 0) is 11.8 Å². The van der Waals surface area contributed by atoms with E-state index in [1.807, 2.05) is 13.2 Å². The number of ketones is 1. The third-order valence-corrected chi connectivity index (χ3v) is 4.46. The molecule has 5 nitrogen and oxygen atoms in total. The Balaban J connectivity index is 1.56. The molecule has 0 bridgehead atoms. The van der Waals surface area contributed by atoms with Crippen LogP contribution in [0.2, 0.25) is 0 Å². The lowest BCUT2D eigenvalue weighted by Crippen LogP contribution is -2.35. The normalized spacial score (nSPS) is 27.2. The Morgan fingerprint density at radius 1 is 1.50 bits per heavy atom. The third-order valence-electron chi connectivity index (χ3n) is 4.46. The zero-order valence-corrected chi connectivity index (χ0v) is 12.1. The standard InChI is InChI=1S/C15H23N3O2/c1-17-10-13(8-16-17)15(19)7-14-3-2-5-18(14)9-12-4-6-20-11-12/h8,10,12,14H,2-7,9,11H2,1H3/t12-,14-/m0/s1. The lowest BCUT2D eigenvalue weighted by atomic mass is 10.0. The molecule has 0 unspecified atom stereocenters. The first kappa shape index (κ1) is 13.8. The molecule has 2 atom stereocenters. The van der Waals surface area contributed by atoms with Gasteiger partial charge in [-0.2, -0.15) is 5.10 Å². The fourth-order valence-corrected chi connectivity index (χ4v) is 3.32. The van der Waals surface area contributed by atoms with Crippen molar-refractivity contribution < 1.29 is 9.53 Å². The zero-order valence-electron chi connectivity index (χ0n) is 12.1. The number of Topliss-reactive ketones (excluding diaryl/α,β-unsaturated/α-hetero) is 1. The van der Waals surface area contributed by atoms with Crippen LogP contribution in [0.5, 0.6) is 0 Å². The molecule has 3 rings (SSSR count). The predicted molar refractivity (Wildman–Crippen MR) is 75.7 cm³/mol. The molecular formula is C15H23N3O2. The number of rotatable bonds is 5. The van der Waals surface area contributed by atoms with Crippen LogP contribution in [0.15, 0.2) is 12.4 Å². The van der Waals surface area contributed by atoms with E-state index in [9.17, 15) is 4.79 Å². The first-order chi connectivity index (χ1) is 9.72. The summed E-state index contributed by atoms with van der Waals surface area (Å²) in [5, 5.41) is 4.08. The topological polar surface area (TPSA) is 47.4 Å². The van der Waals surface area contributed by atoms with E-state index in [2.05, 4.69) is 10.00 Å². The molecule has 0 radical (unpaired) electrons. The van der Waals surface area contributed by atoms with Crippen LogP contribution < -0.4 is 0 Å². The minimum absolute atomic E-state index is 0.220. The largest absolute Gasteiger partial charge is 0.381 e. The smallest absolute Gasteiger partial charge is 0.167 e. The Labute approximate surface area is 119 Å². The van der Waals surface area contributed by atoms with Gasteiger partial charge in [-0.05, 0) is 31.7 Å². The van der Waals surface area contributed by atoms with Crippen LogP contribution >= 0.6 is 0 Å². The Bertz CT molecular complexity index is 465. The van der Waals surface area contributed by atoms with Crippen LogP contribution in [0.4, 0.5) is 0 Å². The molecular weight excluding hydrogens is 254 g/mol. The molecule has 0 aromatic carbocycles. The highest BCUT2D eigenvalue weighted by molar-refractivity contribution is 5.96. The van der Waals surface area contributed by atoms with Gasteiger partial charge in [0.25, 0.3) is 0 Å². The van der Waals surface area contributed by atoms with E-state index in [0.29, 0.717) is 18.4 Å². The fraction of sp³-hybridized carbons (Fsp3) is 0.733. The van der Waals surface area contributed by atoms with Gasteiger partial charge in [0.2, 0.25) is 0 Å². The first-order valence-electron chi connectivity index (χ1n) is 7.56. The summed E-state index contributed by atoms with van der Waals surface area (Å²) < 4.78 is 7.14. The quantitative estimate of drug-likeness (QED) is 0.765. The number of ether oxygens (including phenoxy) is 1. The number of aromatic nitrogens is 2. The number of carbonyl (C=O) groups is 1. The van der Waals surface area contributed by atoms with Gasteiger partial charge in [0.1, 0.15) is 0 Å². The van der Waals surface area contributed by atoms with Crippen LogP contribution in [0.1, 0.15) is 36.0 Å². The number of nitrogens with zero attached hydrogens (tertiary/aromatic N) is 3. The molecule has 110 valence electrons. The Kier molecular flexibility index (Phi) is 4.17. The summed E-state index contributed by atoms with van der Waals surface area (Å²) in [6.07, 6.45) is 7.62. The SMILES string of the molecule is Cn1cc(C(=O)C[C@@H]2CCCN2C[C@@H]2CCOC2)cn1. The average Bonchev–Trinajstić information content (AvgIpc) is 3.13. The van der Waals surface area contributed by atoms with Crippen molar-refractivity contribution in [3.05, 3.63) is 18.0 Å². The number of hydrogen-bond donors (Lipinski definition) is 0. The van der Waals surface area contributed by atoms with Gasteiger partial charge in [0, 0.05) is 38.9 Å². The first-order valence-corrected chi connectivity index (χ1v) is 7.56. The molecule has 2 saturated heterocycles. The molecule has 0 amide bonds. The number of carbonyl (C=O) groups excluding carboxylic acids is 1. The highest BCUT2D eigenvalue weighted by Gasteiger charge is 2.30. The second-order valence-electron chi connectivity index (χ2n) is 6.05. The number of hydrogen-bond acceptors (Lipinski definition) is 4. The van der Waals surface area contributed by atoms with Gasteiger partial charge in [-0.15, -0.1) is 0 Å². The van der Waals surface area contributed by atoms with Crippen molar-refractivity contribution in [1.82, 2.24) is 14.7 Å². The van der Waals surface area contributed by atoms with E-state index in [4.69, 9.17) is 4.74 Å². The van der Waals surface area contributed by atoms with Crippen molar-refractivity contribution in [1.29, 1.82) is 0 Å². The summed E-state index contributed by atoms with van der Waals surface area (Å²) in [5.41, 5.74) is 0.739. The monoisotopic (exact) mass is 277 g/mol. The predicted octanol–water partition coefficient (Wildman–Crippen LogP) is 1.49. The highest BCUT2D eigenvalue weighted by atomic mass is 16.5. The molecule has 2 fully saturated rings. The van der Waals surface area contributed by atoms with Gasteiger partial charge in [-0.3, -0.25) is 14.4 Å². The lowest BCUT2D eigenvalue weighted by Gasteiger charge is -2.26. The highest BCUT2D eigenvalue weighted by Crippen LogP contribution is 2.25. The van der Waals surface area contributed by atoms with Crippen molar-refractivity contribution in [2.75, 3.05) is 26.3 Å². The minimum Gasteiger partial charge on any atom is -0.381 e. The lowest BCUT2D eigenvalue weighted by molar-refractivity contribution is 0.0930. The van der Waals surface area contributed by atoms with Gasteiger partial charge in [-0.25, -0.2) is 0 Å². The minimum atomic E-state index is 0.220. The third kappa shape index (κ3) is 3.10. The van der Waals surface area contributed by atoms with E-state index >= 15 is 0 Å². The molecule has 20 heavy (non-hydrogen) atoms. The molecule has 0 saturated carbocycles. The molecule has 1 aromatic rings. The van der Waals surface area contributed by atoms with Gasteiger partial charge >= 0.3 is 0 Å². The van der Waals surface area contributed by atoms with E-state index in [1.165, 1.54) is 12.8 Å². The molecule has 0 spiro atoms. The van der Waals surface area contributed by atoms with Gasteiger partial charge in [-0.1, -0.05) is 0 Å². The molecule has 0 N–H and O–H groups in total. The molecule has 1 aromatic heterocycles. The van der Waals surface area contributed by atoms with Crippen LogP contribution in [0.25, 0.3) is 0 Å². The maximum absolute atomic E-state index is 12.3. The molecule has 2 aliphatic rings. The number of aryl methyl sites for hydroxylation is 1. The summed E-state index contributed by atoms with van der Waals surface area (Å²) in [5.74, 6) is 0.877. The van der Waals surface area contributed by atoms with E-state index in [0.717, 1.165) is 38.3 Å². The van der Waals surface area contributed by atoms with E-state index in [-0.39, 0.29) is 5.78 Å². The Morgan fingerprint density at radius 2 is 2.40 bits per heavy atom. The summed E-state index contributed by atoms with van der Waals surface area (Å²) in [7, 11) is 1.85. The van der Waals surface area contributed by atoms with Gasteiger partial charge in [0.05, 0.1) is 18.4 Å². The Morgan fingerprint density at radius 3 is 3.10 bits per heavy atom. The molecule has 2 aliphatic heterocycles. The van der Waals surface area contributed by atoms with Crippen molar-refractivity contribution in [2.24, 2.45) is 13.0 Å². The summed E-state index contributed by atoms with van der Waals surface area (Å²) in [6.45, 7) is 4.00. The van der Waals surface area contributed by atoms with Crippen LogP contribution in [0, 0.1) is 5.92 Å². The molecule has 3 heterocycles. The molecule has 5 heteroatoms. The van der Waals surface area contributed by atoms with Crippen LogP contribution in [-0.4, -0.2) is 52.8 Å². The van der Waals surface area contributed by atoms with Crippen molar-refractivity contribution in [2.45, 2.75) is 31.7 Å². The second kappa shape index (κ2) is 6.06. The number of likely N-dealkylation sites (tertiary alicyclic amines) is 1.